The van der Waals surface area contributed by atoms with Gasteiger partial charge in [-0.3, -0.25) is 9.11 Å². The molecule has 0 aliphatic carbocycles. The van der Waals surface area contributed by atoms with E-state index in [4.69, 9.17) is 4.74 Å². The summed E-state index contributed by atoms with van der Waals surface area (Å²) in [4.78, 5) is 5.61. The molecule has 0 bridgehead atoms. The minimum Gasteiger partial charge on any atom is -0.379 e. The second-order valence-electron chi connectivity index (χ2n) is 5.12. The largest absolute Gasteiger partial charge is 0.379 e. The zero-order valence-corrected chi connectivity index (χ0v) is 13.0. The highest BCUT2D eigenvalue weighted by atomic mass is 32.2. The average molecular weight is 296 g/mol. The minimum atomic E-state index is -0.888. The van der Waals surface area contributed by atoms with Gasteiger partial charge in [-0.05, 0) is 19.2 Å². The van der Waals surface area contributed by atoms with Crippen molar-refractivity contribution in [3.8, 4) is 0 Å². The molecule has 1 unspecified atom stereocenters. The summed E-state index contributed by atoms with van der Waals surface area (Å²) in [7, 11) is 1.21. The van der Waals surface area contributed by atoms with Crippen LogP contribution in [0.25, 0.3) is 0 Å². The molecular weight excluding hydrogens is 272 g/mol. The molecular formula is C15H24N2O2S. The first-order valence-electron chi connectivity index (χ1n) is 7.18. The topological polar surface area (TPSA) is 32.8 Å². The molecule has 1 aromatic rings. The lowest BCUT2D eigenvalue weighted by Gasteiger charge is -2.28. The van der Waals surface area contributed by atoms with Crippen molar-refractivity contribution in [3.63, 3.8) is 0 Å². The van der Waals surface area contributed by atoms with E-state index in [9.17, 15) is 4.21 Å². The van der Waals surface area contributed by atoms with Crippen molar-refractivity contribution in [2.75, 3.05) is 58.7 Å². The van der Waals surface area contributed by atoms with Crippen LogP contribution in [0.5, 0.6) is 0 Å². The fourth-order valence-corrected chi connectivity index (χ4v) is 3.35. The zero-order valence-electron chi connectivity index (χ0n) is 12.2. The van der Waals surface area contributed by atoms with E-state index in [-0.39, 0.29) is 0 Å². The number of rotatable bonds is 7. The van der Waals surface area contributed by atoms with Gasteiger partial charge in [-0.25, -0.2) is 0 Å². The summed E-state index contributed by atoms with van der Waals surface area (Å²) in [6.45, 7) is 6.71. The summed E-state index contributed by atoms with van der Waals surface area (Å²) < 4.78 is 17.5. The zero-order chi connectivity index (χ0) is 14.2. The number of nitrogens with zero attached hydrogens (tertiary/aromatic N) is 2. The molecule has 0 saturated carbocycles. The Morgan fingerprint density at radius 2 is 1.90 bits per heavy atom. The highest BCUT2D eigenvalue weighted by Crippen LogP contribution is 2.05. The molecule has 0 N–H and O–H groups in total. The fraction of sp³-hybridized carbons (Fsp3) is 0.600. The van der Waals surface area contributed by atoms with Crippen LogP contribution in [0.15, 0.2) is 35.2 Å². The lowest BCUT2D eigenvalue weighted by Crippen LogP contribution is -2.41. The van der Waals surface area contributed by atoms with Crippen LogP contribution in [-0.4, -0.2) is 72.7 Å². The molecule has 112 valence electrons. The second-order valence-corrected chi connectivity index (χ2v) is 6.69. The summed E-state index contributed by atoms with van der Waals surface area (Å²) >= 11 is 0. The molecule has 5 heteroatoms. The van der Waals surface area contributed by atoms with Gasteiger partial charge in [0.05, 0.1) is 24.0 Å². The predicted molar refractivity (Wildman–Crippen MR) is 82.5 cm³/mol. The molecule has 1 atom stereocenters. The van der Waals surface area contributed by atoms with Gasteiger partial charge in [0.2, 0.25) is 0 Å². The maximum absolute atomic E-state index is 12.1. The third-order valence-electron chi connectivity index (χ3n) is 3.57. The summed E-state index contributed by atoms with van der Waals surface area (Å²) in [5, 5.41) is 0. The second kappa shape index (κ2) is 8.52. The maximum Gasteiger partial charge on any atom is 0.0594 e. The van der Waals surface area contributed by atoms with Gasteiger partial charge >= 0.3 is 0 Å². The summed E-state index contributed by atoms with van der Waals surface area (Å²) in [6.07, 6.45) is 0. The monoisotopic (exact) mass is 296 g/mol. The van der Waals surface area contributed by atoms with E-state index in [1.165, 1.54) is 0 Å². The van der Waals surface area contributed by atoms with Crippen molar-refractivity contribution in [1.82, 2.24) is 9.80 Å². The Kier molecular flexibility index (Phi) is 6.66. The van der Waals surface area contributed by atoms with Gasteiger partial charge in [-0.2, -0.15) is 0 Å². The van der Waals surface area contributed by atoms with E-state index in [0.29, 0.717) is 5.75 Å². The molecule has 1 aromatic carbocycles. The van der Waals surface area contributed by atoms with Gasteiger partial charge in [-0.15, -0.1) is 0 Å². The first-order valence-corrected chi connectivity index (χ1v) is 8.49. The number of morpholine rings is 1. The van der Waals surface area contributed by atoms with Crippen molar-refractivity contribution in [1.29, 1.82) is 0 Å². The SMILES string of the molecule is CN(CCN1CCOCC1)CCS(=O)c1ccccc1. The van der Waals surface area contributed by atoms with Gasteiger partial charge in [-0.1, -0.05) is 18.2 Å². The highest BCUT2D eigenvalue weighted by Gasteiger charge is 2.11. The number of likely N-dealkylation sites (N-methyl/N-ethyl adjacent to an activating group) is 1. The first-order chi connectivity index (χ1) is 9.75. The number of hydrogen-bond donors (Lipinski definition) is 0. The smallest absolute Gasteiger partial charge is 0.0594 e. The molecule has 1 aliphatic rings. The molecule has 0 aromatic heterocycles. The van der Waals surface area contributed by atoms with Crippen LogP contribution in [0.3, 0.4) is 0 Å². The lowest BCUT2D eigenvalue weighted by molar-refractivity contribution is 0.0347. The molecule has 0 amide bonds. The molecule has 1 fully saturated rings. The Morgan fingerprint density at radius 3 is 2.60 bits per heavy atom. The van der Waals surface area contributed by atoms with Crippen LogP contribution >= 0.6 is 0 Å². The number of ether oxygens (including phenoxy) is 1. The molecule has 1 aliphatic heterocycles. The van der Waals surface area contributed by atoms with Crippen LogP contribution < -0.4 is 0 Å². The van der Waals surface area contributed by atoms with Gasteiger partial charge < -0.3 is 9.64 Å². The average Bonchev–Trinajstić information content (AvgIpc) is 2.52. The van der Waals surface area contributed by atoms with Gasteiger partial charge in [0, 0.05) is 43.4 Å². The third kappa shape index (κ3) is 5.32. The Hall–Kier alpha value is -0.750. The molecule has 1 saturated heterocycles. The molecule has 0 spiro atoms. The van der Waals surface area contributed by atoms with Crippen molar-refractivity contribution in [3.05, 3.63) is 30.3 Å². The van der Waals surface area contributed by atoms with E-state index in [2.05, 4.69) is 16.8 Å². The van der Waals surface area contributed by atoms with Crippen molar-refractivity contribution in [2.45, 2.75) is 4.90 Å². The fourth-order valence-electron chi connectivity index (χ4n) is 2.18. The Bertz CT molecular complexity index is 408. The van der Waals surface area contributed by atoms with E-state index in [1.807, 2.05) is 30.3 Å². The van der Waals surface area contributed by atoms with Crippen LogP contribution in [0.1, 0.15) is 0 Å². The third-order valence-corrected chi connectivity index (χ3v) is 4.92. The molecule has 4 nitrogen and oxygen atoms in total. The van der Waals surface area contributed by atoms with E-state index < -0.39 is 10.8 Å². The highest BCUT2D eigenvalue weighted by molar-refractivity contribution is 7.85. The van der Waals surface area contributed by atoms with E-state index >= 15 is 0 Å². The van der Waals surface area contributed by atoms with Crippen LogP contribution in [0.2, 0.25) is 0 Å². The maximum atomic E-state index is 12.1. The molecule has 0 radical (unpaired) electrons. The summed E-state index contributed by atoms with van der Waals surface area (Å²) in [6, 6.07) is 9.70. The normalized spacial score (nSPS) is 18.3. The van der Waals surface area contributed by atoms with Crippen molar-refractivity contribution in [2.24, 2.45) is 0 Å². The molecule has 1 heterocycles. The van der Waals surface area contributed by atoms with Crippen molar-refractivity contribution >= 4 is 10.8 Å². The Labute approximate surface area is 124 Å². The van der Waals surface area contributed by atoms with Crippen molar-refractivity contribution < 1.29 is 8.95 Å². The summed E-state index contributed by atoms with van der Waals surface area (Å²) in [5.74, 6) is 0.698. The predicted octanol–water partition coefficient (Wildman–Crippen LogP) is 1.06. The molecule has 20 heavy (non-hydrogen) atoms. The van der Waals surface area contributed by atoms with Gasteiger partial charge in [0.15, 0.2) is 0 Å². The van der Waals surface area contributed by atoms with Gasteiger partial charge in [0.25, 0.3) is 0 Å². The first kappa shape index (κ1) is 15.6. The number of hydrogen-bond acceptors (Lipinski definition) is 4. The van der Waals surface area contributed by atoms with Crippen LogP contribution in [0, 0.1) is 0 Å². The minimum absolute atomic E-state index is 0.698. The number of benzene rings is 1. The lowest BCUT2D eigenvalue weighted by atomic mass is 10.4. The van der Waals surface area contributed by atoms with E-state index in [0.717, 1.165) is 50.8 Å². The Morgan fingerprint density at radius 1 is 1.20 bits per heavy atom. The van der Waals surface area contributed by atoms with E-state index in [1.54, 1.807) is 0 Å². The standard InChI is InChI=1S/C15H24N2O2S/c1-16(7-8-17-9-12-19-13-10-17)11-14-20(18)15-5-3-2-4-6-15/h2-6H,7-14H2,1H3. The van der Waals surface area contributed by atoms with Crippen LogP contribution in [0.4, 0.5) is 0 Å². The molecule has 2 rings (SSSR count). The summed E-state index contributed by atoms with van der Waals surface area (Å²) in [5.41, 5.74) is 0. The van der Waals surface area contributed by atoms with Gasteiger partial charge in [0.1, 0.15) is 0 Å². The quantitative estimate of drug-likeness (QED) is 0.753. The van der Waals surface area contributed by atoms with Crippen LogP contribution in [-0.2, 0) is 15.5 Å². The Balaban J connectivity index is 1.64.